The fourth-order valence-corrected chi connectivity index (χ4v) is 4.85. The molecule has 0 spiro atoms. The van der Waals surface area contributed by atoms with Crippen LogP contribution in [0.15, 0.2) is 54.1 Å². The van der Waals surface area contributed by atoms with E-state index in [1.807, 2.05) is 32.9 Å². The second-order valence-electron chi connectivity index (χ2n) is 8.97. The molecule has 0 aliphatic carbocycles. The largest absolute Gasteiger partial charge is 0.507 e. The third kappa shape index (κ3) is 5.00. The first-order chi connectivity index (χ1) is 18.7. The number of amides is 1. The standard InChI is InChI=1S/C30H30ClNO7/c1-7-39-25-13-18(9-11-22(25)36-4)27-26(28(33)20-14-21(31)24(38-6)15-23(20)37-5)29(34)30(35)32(27)19-10-8-16(2)17(3)12-19/h8-15,27,33H,7H2,1-6H3/b28-26+. The van der Waals surface area contributed by atoms with Crippen LogP contribution in [0.2, 0.25) is 5.02 Å². The molecule has 1 atom stereocenters. The first-order valence-electron chi connectivity index (χ1n) is 12.3. The van der Waals surface area contributed by atoms with E-state index in [4.69, 9.17) is 30.5 Å². The van der Waals surface area contributed by atoms with Gasteiger partial charge in [-0.05, 0) is 67.8 Å². The van der Waals surface area contributed by atoms with Crippen molar-refractivity contribution in [2.24, 2.45) is 0 Å². The molecule has 3 aromatic rings. The number of carbonyl (C=O) groups excluding carboxylic acids is 2. The maximum absolute atomic E-state index is 13.6. The molecule has 204 valence electrons. The lowest BCUT2D eigenvalue weighted by atomic mass is 9.94. The Morgan fingerprint density at radius 2 is 1.56 bits per heavy atom. The van der Waals surface area contributed by atoms with Gasteiger partial charge in [-0.3, -0.25) is 14.5 Å². The molecule has 1 unspecified atom stereocenters. The summed E-state index contributed by atoms with van der Waals surface area (Å²) in [5.41, 5.74) is 3.05. The van der Waals surface area contributed by atoms with Gasteiger partial charge in [0.2, 0.25) is 0 Å². The van der Waals surface area contributed by atoms with Crippen molar-refractivity contribution in [3.8, 4) is 23.0 Å². The number of Topliss-reactive ketones (excluding diaryl/α,β-unsaturated/α-hetero) is 1. The van der Waals surface area contributed by atoms with Gasteiger partial charge in [0, 0.05) is 11.8 Å². The number of hydrogen-bond donors (Lipinski definition) is 1. The number of ketones is 1. The average molecular weight is 552 g/mol. The van der Waals surface area contributed by atoms with E-state index in [2.05, 4.69) is 0 Å². The van der Waals surface area contributed by atoms with Crippen molar-refractivity contribution in [1.29, 1.82) is 0 Å². The van der Waals surface area contributed by atoms with E-state index in [-0.39, 0.29) is 21.9 Å². The molecule has 1 aliphatic heterocycles. The minimum Gasteiger partial charge on any atom is -0.507 e. The van der Waals surface area contributed by atoms with Crippen molar-refractivity contribution in [1.82, 2.24) is 0 Å². The van der Waals surface area contributed by atoms with E-state index in [1.54, 1.807) is 24.3 Å². The van der Waals surface area contributed by atoms with Crippen LogP contribution >= 0.6 is 11.6 Å². The zero-order chi connectivity index (χ0) is 28.4. The van der Waals surface area contributed by atoms with Gasteiger partial charge in [0.25, 0.3) is 11.7 Å². The van der Waals surface area contributed by atoms with Gasteiger partial charge in [0.1, 0.15) is 17.3 Å². The third-order valence-corrected chi connectivity index (χ3v) is 7.04. The van der Waals surface area contributed by atoms with E-state index < -0.39 is 23.5 Å². The quantitative estimate of drug-likeness (QED) is 0.208. The molecular weight excluding hydrogens is 522 g/mol. The lowest BCUT2D eigenvalue weighted by molar-refractivity contribution is -0.132. The Morgan fingerprint density at radius 1 is 0.872 bits per heavy atom. The molecule has 0 aromatic heterocycles. The van der Waals surface area contributed by atoms with Gasteiger partial charge in [-0.15, -0.1) is 0 Å². The Bertz CT molecular complexity index is 1480. The summed E-state index contributed by atoms with van der Waals surface area (Å²) in [5, 5.41) is 11.8. The van der Waals surface area contributed by atoms with Crippen LogP contribution in [-0.4, -0.2) is 44.7 Å². The van der Waals surface area contributed by atoms with Crippen LogP contribution < -0.4 is 23.8 Å². The number of rotatable bonds is 8. The molecule has 1 fully saturated rings. The first-order valence-corrected chi connectivity index (χ1v) is 12.6. The second kappa shape index (κ2) is 11.3. The molecule has 39 heavy (non-hydrogen) atoms. The van der Waals surface area contributed by atoms with Crippen molar-refractivity contribution in [3.63, 3.8) is 0 Å². The molecule has 0 saturated carbocycles. The number of aliphatic hydroxyl groups is 1. The van der Waals surface area contributed by atoms with Gasteiger partial charge in [0.05, 0.1) is 50.1 Å². The van der Waals surface area contributed by atoms with E-state index in [0.29, 0.717) is 35.1 Å². The summed E-state index contributed by atoms with van der Waals surface area (Å²) in [4.78, 5) is 28.6. The maximum atomic E-state index is 13.6. The number of halogens is 1. The number of anilines is 1. The highest BCUT2D eigenvalue weighted by molar-refractivity contribution is 6.51. The van der Waals surface area contributed by atoms with Crippen LogP contribution in [-0.2, 0) is 9.59 Å². The molecule has 1 aliphatic rings. The van der Waals surface area contributed by atoms with Gasteiger partial charge in [-0.2, -0.15) is 0 Å². The second-order valence-corrected chi connectivity index (χ2v) is 9.38. The van der Waals surface area contributed by atoms with Crippen LogP contribution in [0.4, 0.5) is 5.69 Å². The van der Waals surface area contributed by atoms with Gasteiger partial charge in [-0.1, -0.05) is 23.7 Å². The Kier molecular flexibility index (Phi) is 8.06. The van der Waals surface area contributed by atoms with Crippen molar-refractivity contribution in [3.05, 3.63) is 81.4 Å². The summed E-state index contributed by atoms with van der Waals surface area (Å²) in [6.07, 6.45) is 0. The maximum Gasteiger partial charge on any atom is 0.300 e. The highest BCUT2D eigenvalue weighted by Gasteiger charge is 2.47. The smallest absolute Gasteiger partial charge is 0.300 e. The third-order valence-electron chi connectivity index (χ3n) is 6.75. The molecule has 9 heteroatoms. The van der Waals surface area contributed by atoms with Crippen molar-refractivity contribution in [2.45, 2.75) is 26.8 Å². The molecule has 1 amide bonds. The summed E-state index contributed by atoms with van der Waals surface area (Å²) in [6, 6.07) is 12.6. The lowest BCUT2D eigenvalue weighted by Gasteiger charge is -2.27. The molecule has 0 radical (unpaired) electrons. The molecule has 8 nitrogen and oxygen atoms in total. The van der Waals surface area contributed by atoms with E-state index in [1.165, 1.54) is 38.4 Å². The molecule has 3 aromatic carbocycles. The van der Waals surface area contributed by atoms with Crippen LogP contribution in [0, 0.1) is 13.8 Å². The molecule has 0 bridgehead atoms. The minimum atomic E-state index is -0.984. The topological polar surface area (TPSA) is 94.5 Å². The first kappa shape index (κ1) is 27.9. The number of carbonyl (C=O) groups is 2. The summed E-state index contributed by atoms with van der Waals surface area (Å²) < 4.78 is 21.9. The molecule has 1 saturated heterocycles. The molecule has 4 rings (SSSR count). The van der Waals surface area contributed by atoms with E-state index >= 15 is 0 Å². The van der Waals surface area contributed by atoms with E-state index in [9.17, 15) is 14.7 Å². The molecular formula is C30H30ClNO7. The highest BCUT2D eigenvalue weighted by atomic mass is 35.5. The number of nitrogens with zero attached hydrogens (tertiary/aromatic N) is 1. The number of benzene rings is 3. The van der Waals surface area contributed by atoms with Gasteiger partial charge in [0.15, 0.2) is 11.5 Å². The zero-order valence-electron chi connectivity index (χ0n) is 22.6. The van der Waals surface area contributed by atoms with Crippen LogP contribution in [0.1, 0.15) is 35.2 Å². The number of hydrogen-bond acceptors (Lipinski definition) is 7. The Morgan fingerprint density at radius 3 is 2.18 bits per heavy atom. The van der Waals surface area contributed by atoms with Crippen LogP contribution in [0.3, 0.4) is 0 Å². The van der Waals surface area contributed by atoms with Crippen molar-refractivity contribution < 1.29 is 33.6 Å². The number of aryl methyl sites for hydroxylation is 2. The normalized spacial score (nSPS) is 16.4. The van der Waals surface area contributed by atoms with Gasteiger partial charge < -0.3 is 24.1 Å². The zero-order valence-corrected chi connectivity index (χ0v) is 23.4. The fraction of sp³-hybridized carbons (Fsp3) is 0.267. The molecule has 1 N–H and O–H groups in total. The summed E-state index contributed by atoms with van der Waals surface area (Å²) in [5.74, 6) is -0.584. The molecule has 1 heterocycles. The van der Waals surface area contributed by atoms with Crippen molar-refractivity contribution in [2.75, 3.05) is 32.8 Å². The number of ether oxygens (including phenoxy) is 4. The van der Waals surface area contributed by atoms with E-state index in [0.717, 1.165) is 11.1 Å². The van der Waals surface area contributed by atoms with Gasteiger partial charge >= 0.3 is 0 Å². The van der Waals surface area contributed by atoms with Crippen LogP contribution in [0.25, 0.3) is 5.76 Å². The highest BCUT2D eigenvalue weighted by Crippen LogP contribution is 2.46. The summed E-state index contributed by atoms with van der Waals surface area (Å²) in [7, 11) is 4.40. The Hall–Kier alpha value is -4.17. The fourth-order valence-electron chi connectivity index (χ4n) is 4.61. The number of methoxy groups -OCH3 is 3. The average Bonchev–Trinajstić information content (AvgIpc) is 3.19. The van der Waals surface area contributed by atoms with Crippen LogP contribution in [0.5, 0.6) is 23.0 Å². The predicted molar refractivity (Wildman–Crippen MR) is 149 cm³/mol. The van der Waals surface area contributed by atoms with Gasteiger partial charge in [-0.25, -0.2) is 0 Å². The lowest BCUT2D eigenvalue weighted by Crippen LogP contribution is -2.29. The summed E-state index contributed by atoms with van der Waals surface area (Å²) in [6.45, 7) is 6.10. The van der Waals surface area contributed by atoms with Crippen molar-refractivity contribution >= 4 is 34.7 Å². The monoisotopic (exact) mass is 551 g/mol. The Labute approximate surface area is 232 Å². The minimum absolute atomic E-state index is 0.120. The number of aliphatic hydroxyl groups excluding tert-OH is 1. The Balaban J connectivity index is 2.02. The predicted octanol–water partition coefficient (Wildman–Crippen LogP) is 6.01. The SMILES string of the molecule is CCOc1cc(C2/C(=C(\O)c3cc(Cl)c(OC)cc3OC)C(=O)C(=O)N2c2ccc(C)c(C)c2)ccc1OC. The summed E-state index contributed by atoms with van der Waals surface area (Å²) >= 11 is 6.37.